The number of carbonyl (C=O) groups excluding carboxylic acids is 1. The number of hydrogen-bond donors (Lipinski definition) is 3. The van der Waals surface area contributed by atoms with Gasteiger partial charge in [0.05, 0.1) is 30.9 Å². The zero-order valence-electron chi connectivity index (χ0n) is 15.6. The molecule has 13 heteroatoms. The number of ether oxygens (including phenoxy) is 1. The average Bonchev–Trinajstić information content (AvgIpc) is 3.39. The number of oxime groups is 1. The minimum atomic E-state index is -3.80. The second kappa shape index (κ2) is 10.0. The summed E-state index contributed by atoms with van der Waals surface area (Å²) in [6.07, 6.45) is 1.28. The molecule has 0 spiro atoms. The highest BCUT2D eigenvalue weighted by molar-refractivity contribution is 7.89. The van der Waals surface area contributed by atoms with Crippen LogP contribution in [0.4, 0.5) is 9.52 Å². The molecule has 30 heavy (non-hydrogen) atoms. The van der Waals surface area contributed by atoms with Crippen molar-refractivity contribution in [1.82, 2.24) is 9.71 Å². The van der Waals surface area contributed by atoms with E-state index in [1.165, 1.54) is 24.3 Å². The van der Waals surface area contributed by atoms with Crippen LogP contribution in [0.25, 0.3) is 0 Å². The number of halogens is 1. The Kier molecular flexibility index (Phi) is 7.44. The molecule has 1 aliphatic heterocycles. The average molecular weight is 458 g/mol. The number of aromatic nitrogens is 1. The maximum absolute atomic E-state index is 13.2. The Bertz CT molecular complexity index is 1000. The fourth-order valence-corrected chi connectivity index (χ4v) is 4.03. The molecular formula is C17H19FN4O6S2. The molecule has 10 nitrogen and oxygen atoms in total. The van der Waals surface area contributed by atoms with Gasteiger partial charge in [0, 0.05) is 18.5 Å². The summed E-state index contributed by atoms with van der Waals surface area (Å²) in [6.45, 7) is 0.395. The van der Waals surface area contributed by atoms with Gasteiger partial charge in [-0.3, -0.25) is 10.1 Å². The van der Waals surface area contributed by atoms with Gasteiger partial charge in [-0.1, -0.05) is 28.6 Å². The van der Waals surface area contributed by atoms with Gasteiger partial charge in [0.25, 0.3) is 5.91 Å². The minimum absolute atomic E-state index is 0.0433. The molecule has 3 rings (SSSR count). The number of hydrogen-bond acceptors (Lipinski definition) is 9. The first-order chi connectivity index (χ1) is 14.4. The third kappa shape index (κ3) is 5.79. The zero-order chi connectivity index (χ0) is 21.6. The number of benzene rings is 1. The highest BCUT2D eigenvalue weighted by Gasteiger charge is 2.22. The van der Waals surface area contributed by atoms with Gasteiger partial charge in [0.1, 0.15) is 0 Å². The van der Waals surface area contributed by atoms with Gasteiger partial charge in [-0.2, -0.15) is 4.39 Å². The van der Waals surface area contributed by atoms with Crippen LogP contribution in [0, 0.1) is 5.13 Å². The first kappa shape index (κ1) is 22.2. The molecule has 1 fully saturated rings. The standard InChI is InChI=1S/C17H19FN4O6S2/c18-14-9-19-17(29-14)21-16(24)15(22-28-12-5-8-27-10-12)11-1-3-13(4-2-11)30(25,26)20-6-7-23/h1-4,9,12,20,23H,5-8,10H2,(H,19,21,24)/t12-/m1/s1. The third-order valence-electron chi connectivity index (χ3n) is 3.94. The number of anilines is 1. The molecule has 1 aliphatic rings. The van der Waals surface area contributed by atoms with E-state index < -0.39 is 21.1 Å². The molecule has 1 aromatic heterocycles. The van der Waals surface area contributed by atoms with E-state index in [9.17, 15) is 17.6 Å². The predicted molar refractivity (Wildman–Crippen MR) is 106 cm³/mol. The van der Waals surface area contributed by atoms with Crippen LogP contribution in [0.3, 0.4) is 0 Å². The van der Waals surface area contributed by atoms with Crippen molar-refractivity contribution in [1.29, 1.82) is 0 Å². The lowest BCUT2D eigenvalue weighted by Crippen LogP contribution is -2.27. The Balaban J connectivity index is 1.83. The van der Waals surface area contributed by atoms with E-state index in [1.54, 1.807) is 0 Å². The molecule has 1 atom stereocenters. The van der Waals surface area contributed by atoms with E-state index in [2.05, 4.69) is 20.2 Å². The summed E-state index contributed by atoms with van der Waals surface area (Å²) < 4.78 is 44.9. The molecule has 1 amide bonds. The zero-order valence-corrected chi connectivity index (χ0v) is 17.2. The third-order valence-corrected chi connectivity index (χ3v) is 6.11. The quantitative estimate of drug-likeness (QED) is 0.371. The molecule has 0 aliphatic carbocycles. The number of aliphatic hydroxyl groups excluding tert-OH is 1. The molecule has 0 bridgehead atoms. The lowest BCUT2D eigenvalue weighted by molar-refractivity contribution is -0.110. The van der Waals surface area contributed by atoms with Crippen LogP contribution in [0.5, 0.6) is 0 Å². The van der Waals surface area contributed by atoms with Gasteiger partial charge in [0.15, 0.2) is 22.1 Å². The molecular weight excluding hydrogens is 439 g/mol. The van der Waals surface area contributed by atoms with E-state index >= 15 is 0 Å². The van der Waals surface area contributed by atoms with Crippen molar-refractivity contribution in [2.45, 2.75) is 17.4 Å². The number of rotatable bonds is 9. The first-order valence-corrected chi connectivity index (χ1v) is 11.1. The molecule has 162 valence electrons. The summed E-state index contributed by atoms with van der Waals surface area (Å²) in [4.78, 5) is 21.8. The van der Waals surface area contributed by atoms with E-state index in [0.29, 0.717) is 31.0 Å². The number of nitrogens with one attached hydrogen (secondary N) is 2. The number of aliphatic hydroxyl groups is 1. The number of sulfonamides is 1. The topological polar surface area (TPSA) is 139 Å². The van der Waals surface area contributed by atoms with E-state index in [-0.39, 0.29) is 40.6 Å². The van der Waals surface area contributed by atoms with Crippen LogP contribution in [0.1, 0.15) is 12.0 Å². The first-order valence-electron chi connectivity index (χ1n) is 8.84. The second-order valence-corrected chi connectivity index (χ2v) is 8.85. The van der Waals surface area contributed by atoms with Crippen LogP contribution in [-0.4, -0.2) is 62.6 Å². The number of amides is 1. The second-order valence-electron chi connectivity index (χ2n) is 6.10. The maximum Gasteiger partial charge on any atom is 0.280 e. The van der Waals surface area contributed by atoms with Gasteiger partial charge >= 0.3 is 0 Å². The van der Waals surface area contributed by atoms with Crippen molar-refractivity contribution in [3.8, 4) is 0 Å². The van der Waals surface area contributed by atoms with Crippen LogP contribution < -0.4 is 10.0 Å². The van der Waals surface area contributed by atoms with Gasteiger partial charge in [-0.05, 0) is 12.1 Å². The molecule has 0 saturated carbocycles. The van der Waals surface area contributed by atoms with E-state index in [4.69, 9.17) is 14.7 Å². The van der Waals surface area contributed by atoms with Crippen molar-refractivity contribution in [3.63, 3.8) is 0 Å². The molecule has 1 saturated heterocycles. The van der Waals surface area contributed by atoms with Crippen LogP contribution in [0.2, 0.25) is 0 Å². The predicted octanol–water partition coefficient (Wildman–Crippen LogP) is 0.701. The Morgan fingerprint density at radius 1 is 1.40 bits per heavy atom. The summed E-state index contributed by atoms with van der Waals surface area (Å²) in [6, 6.07) is 5.37. The summed E-state index contributed by atoms with van der Waals surface area (Å²) >= 11 is 0.652. The monoisotopic (exact) mass is 458 g/mol. The summed E-state index contributed by atoms with van der Waals surface area (Å²) in [5.41, 5.74) is 0.148. The van der Waals surface area contributed by atoms with Crippen molar-refractivity contribution in [3.05, 3.63) is 41.2 Å². The Labute approximate surface area is 175 Å². The summed E-state index contributed by atoms with van der Waals surface area (Å²) in [7, 11) is -3.80. The Hall–Kier alpha value is -2.45. The Morgan fingerprint density at radius 2 is 2.17 bits per heavy atom. The largest absolute Gasteiger partial charge is 0.395 e. The van der Waals surface area contributed by atoms with Gasteiger partial charge in [-0.15, -0.1) is 0 Å². The molecule has 0 radical (unpaired) electrons. The fraction of sp³-hybridized carbons (Fsp3) is 0.353. The molecule has 0 unspecified atom stereocenters. The van der Waals surface area contributed by atoms with E-state index in [1.807, 2.05) is 0 Å². The lowest BCUT2D eigenvalue weighted by Gasteiger charge is -2.10. The molecule has 2 heterocycles. The highest BCUT2D eigenvalue weighted by atomic mass is 32.2. The summed E-state index contributed by atoms with van der Waals surface area (Å²) in [5, 5.41) is 14.6. The summed E-state index contributed by atoms with van der Waals surface area (Å²) in [5.74, 6) is -0.697. The molecule has 2 aromatic rings. The van der Waals surface area contributed by atoms with Crippen LogP contribution in [-0.2, 0) is 24.4 Å². The van der Waals surface area contributed by atoms with Gasteiger partial charge < -0.3 is 14.7 Å². The van der Waals surface area contributed by atoms with Gasteiger partial charge in [0.2, 0.25) is 10.0 Å². The number of nitrogens with zero attached hydrogens (tertiary/aromatic N) is 2. The van der Waals surface area contributed by atoms with E-state index in [0.717, 1.165) is 6.20 Å². The maximum atomic E-state index is 13.2. The molecule has 3 N–H and O–H groups in total. The van der Waals surface area contributed by atoms with Crippen molar-refractivity contribution in [2.75, 3.05) is 31.7 Å². The van der Waals surface area contributed by atoms with Crippen LogP contribution in [0.15, 0.2) is 40.5 Å². The van der Waals surface area contributed by atoms with Crippen molar-refractivity contribution >= 4 is 38.1 Å². The van der Waals surface area contributed by atoms with Crippen molar-refractivity contribution in [2.24, 2.45) is 5.16 Å². The highest BCUT2D eigenvalue weighted by Crippen LogP contribution is 2.18. The number of carbonyl (C=O) groups is 1. The minimum Gasteiger partial charge on any atom is -0.395 e. The lowest BCUT2D eigenvalue weighted by atomic mass is 10.1. The normalized spacial score (nSPS) is 17.1. The SMILES string of the molecule is O=C(Nc1ncc(F)s1)C(=NO[C@@H]1CCOC1)c1ccc(S(=O)(=O)NCCO)cc1. The smallest absolute Gasteiger partial charge is 0.280 e. The van der Waals surface area contributed by atoms with Crippen LogP contribution >= 0.6 is 11.3 Å². The van der Waals surface area contributed by atoms with Crippen molar-refractivity contribution < 1.29 is 32.3 Å². The number of thiazole rings is 1. The Morgan fingerprint density at radius 3 is 2.77 bits per heavy atom. The van der Waals surface area contributed by atoms with Gasteiger partial charge in [-0.25, -0.2) is 18.1 Å². The molecule has 1 aromatic carbocycles. The fourth-order valence-electron chi connectivity index (χ4n) is 2.47.